The molecule has 1 aliphatic carbocycles. The molecule has 2 rings (SSSR count). The molecule has 0 N–H and O–H groups in total. The lowest BCUT2D eigenvalue weighted by Gasteiger charge is -2.28. The fraction of sp³-hybridized carbons (Fsp3) is 0.647. The second kappa shape index (κ2) is 5.16. The van der Waals surface area contributed by atoms with Gasteiger partial charge >= 0.3 is 0 Å². The first-order valence-corrected chi connectivity index (χ1v) is 7.61. The third-order valence-corrected chi connectivity index (χ3v) is 4.63. The first kappa shape index (κ1) is 14.4. The normalized spacial score (nSPS) is 18.7. The van der Waals surface area contributed by atoms with Crippen LogP contribution in [0.4, 0.5) is 0 Å². The van der Waals surface area contributed by atoms with E-state index in [1.807, 2.05) is 0 Å². The molecule has 1 atom stereocenters. The van der Waals surface area contributed by atoms with E-state index in [4.69, 9.17) is 0 Å². The van der Waals surface area contributed by atoms with E-state index in [2.05, 4.69) is 58.5 Å². The summed E-state index contributed by atoms with van der Waals surface area (Å²) >= 11 is 0. The molecule has 19 heavy (non-hydrogen) atoms. The van der Waals surface area contributed by atoms with Gasteiger partial charge in [0, 0.05) is 28.4 Å². The van der Waals surface area contributed by atoms with Crippen molar-refractivity contribution in [3.63, 3.8) is 0 Å². The molecular weight excluding hydrogens is 232 g/mol. The van der Waals surface area contributed by atoms with Crippen LogP contribution in [-0.2, 0) is 13.1 Å². The van der Waals surface area contributed by atoms with Gasteiger partial charge in [-0.25, -0.2) is 0 Å². The summed E-state index contributed by atoms with van der Waals surface area (Å²) in [6.45, 7) is 12.5. The fourth-order valence-electron chi connectivity index (χ4n) is 3.04. The number of quaternary nitrogens is 1. The van der Waals surface area contributed by atoms with Crippen LogP contribution in [0.2, 0.25) is 0 Å². The van der Waals surface area contributed by atoms with Crippen LogP contribution in [0.3, 0.4) is 0 Å². The van der Waals surface area contributed by atoms with Gasteiger partial charge in [0.15, 0.2) is 0 Å². The number of hydrogen-bond donors (Lipinski definition) is 0. The van der Waals surface area contributed by atoms with Gasteiger partial charge in [0.25, 0.3) is 0 Å². The highest BCUT2D eigenvalue weighted by Crippen LogP contribution is 2.14. The second-order valence-electron chi connectivity index (χ2n) is 6.60. The van der Waals surface area contributed by atoms with Crippen LogP contribution >= 0.6 is 0 Å². The highest BCUT2D eigenvalue weighted by atomic mass is 15.3. The molecule has 2 heteroatoms. The molecule has 0 saturated heterocycles. The Balaban J connectivity index is 2.63. The maximum Gasteiger partial charge on any atom is 0.106 e. The van der Waals surface area contributed by atoms with E-state index in [1.54, 1.807) is 5.56 Å². The van der Waals surface area contributed by atoms with Gasteiger partial charge in [-0.15, -0.1) is 0 Å². The first-order chi connectivity index (χ1) is 8.89. The minimum atomic E-state index is 0.676. The summed E-state index contributed by atoms with van der Waals surface area (Å²) in [6, 6.07) is 0. The van der Waals surface area contributed by atoms with Crippen LogP contribution in [0.5, 0.6) is 0 Å². The molecule has 0 amide bonds. The Morgan fingerprint density at radius 1 is 1.32 bits per heavy atom. The minimum Gasteiger partial charge on any atom is -0.345 e. The van der Waals surface area contributed by atoms with Crippen molar-refractivity contribution >= 4 is 12.2 Å². The van der Waals surface area contributed by atoms with Gasteiger partial charge in [-0.2, -0.15) is 0 Å². The van der Waals surface area contributed by atoms with Gasteiger partial charge < -0.3 is 9.05 Å². The van der Waals surface area contributed by atoms with Crippen LogP contribution in [0.25, 0.3) is 12.2 Å². The smallest absolute Gasteiger partial charge is 0.106 e. The number of rotatable bonds is 4. The largest absolute Gasteiger partial charge is 0.345 e. The van der Waals surface area contributed by atoms with Gasteiger partial charge in [-0.1, -0.05) is 19.1 Å². The molecule has 0 aromatic carbocycles. The third-order valence-electron chi connectivity index (χ3n) is 4.63. The molecule has 0 spiro atoms. The summed E-state index contributed by atoms with van der Waals surface area (Å²) in [6.07, 6.45) is 6.10. The molecule has 1 aliphatic rings. The molecule has 1 aromatic heterocycles. The predicted octanol–water partition coefficient (Wildman–Crippen LogP) is 2.01. The van der Waals surface area contributed by atoms with Crippen molar-refractivity contribution in [2.24, 2.45) is 5.92 Å². The Morgan fingerprint density at radius 3 is 2.58 bits per heavy atom. The SMILES string of the molecule is CCn1c(C)c(C[N+](C)(C)CC)c2c1=CCC(C)C=2. The Morgan fingerprint density at radius 2 is 2.00 bits per heavy atom. The van der Waals surface area contributed by atoms with Crippen LogP contribution in [-0.4, -0.2) is 29.7 Å². The van der Waals surface area contributed by atoms with Gasteiger partial charge in [0.1, 0.15) is 6.54 Å². The van der Waals surface area contributed by atoms with E-state index in [0.29, 0.717) is 5.92 Å². The molecule has 106 valence electrons. The van der Waals surface area contributed by atoms with E-state index < -0.39 is 0 Å². The standard InChI is InChI=1S/C17H29N2/c1-7-18-14(4)16(12-19(5,6)8-2)15-11-13(3)9-10-17(15)18/h10-11,13H,7-9,12H2,1-6H3/q+1. The first-order valence-electron chi connectivity index (χ1n) is 7.61. The van der Waals surface area contributed by atoms with Gasteiger partial charge in [0.2, 0.25) is 0 Å². The number of fused-ring (bicyclic) bond motifs is 1. The highest BCUT2D eigenvalue weighted by molar-refractivity contribution is 5.44. The van der Waals surface area contributed by atoms with Crippen molar-refractivity contribution in [2.75, 3.05) is 20.6 Å². The Kier molecular flexibility index (Phi) is 3.91. The van der Waals surface area contributed by atoms with Gasteiger partial charge in [-0.3, -0.25) is 0 Å². The lowest BCUT2D eigenvalue weighted by atomic mass is 10.00. The molecular formula is C17H29N2+. The Bertz CT molecular complexity index is 575. The summed E-state index contributed by atoms with van der Waals surface area (Å²) in [7, 11) is 4.65. The molecule has 0 radical (unpaired) electrons. The number of aromatic nitrogens is 1. The molecule has 0 bridgehead atoms. The van der Waals surface area contributed by atoms with E-state index >= 15 is 0 Å². The molecule has 0 fully saturated rings. The molecule has 0 aliphatic heterocycles. The zero-order valence-electron chi connectivity index (χ0n) is 13.5. The summed E-state index contributed by atoms with van der Waals surface area (Å²) in [5.74, 6) is 0.676. The zero-order chi connectivity index (χ0) is 14.2. The van der Waals surface area contributed by atoms with E-state index in [0.717, 1.165) is 17.6 Å². The molecule has 1 unspecified atom stereocenters. The topological polar surface area (TPSA) is 4.93 Å². The lowest BCUT2D eigenvalue weighted by Crippen LogP contribution is -2.41. The monoisotopic (exact) mass is 261 g/mol. The summed E-state index contributed by atoms with van der Waals surface area (Å²) < 4.78 is 3.55. The second-order valence-corrected chi connectivity index (χ2v) is 6.60. The minimum absolute atomic E-state index is 0.676. The quantitative estimate of drug-likeness (QED) is 0.731. The number of hydrogen-bond acceptors (Lipinski definition) is 0. The van der Waals surface area contributed by atoms with Crippen molar-refractivity contribution in [1.29, 1.82) is 0 Å². The van der Waals surface area contributed by atoms with Crippen LogP contribution in [0.15, 0.2) is 0 Å². The third kappa shape index (κ3) is 2.64. The van der Waals surface area contributed by atoms with Crippen LogP contribution in [0, 0.1) is 12.8 Å². The molecule has 0 saturated carbocycles. The summed E-state index contributed by atoms with van der Waals surface area (Å²) in [5.41, 5.74) is 3.03. The Labute approximate surface area is 117 Å². The zero-order valence-corrected chi connectivity index (χ0v) is 13.5. The van der Waals surface area contributed by atoms with Gasteiger partial charge in [0.05, 0.1) is 20.6 Å². The van der Waals surface area contributed by atoms with Gasteiger partial charge in [-0.05, 0) is 33.1 Å². The van der Waals surface area contributed by atoms with Crippen LogP contribution < -0.4 is 10.6 Å². The van der Waals surface area contributed by atoms with Crippen molar-refractivity contribution in [1.82, 2.24) is 4.57 Å². The van der Waals surface area contributed by atoms with Crippen molar-refractivity contribution in [3.05, 3.63) is 21.8 Å². The maximum atomic E-state index is 2.49. The average Bonchev–Trinajstić information content (AvgIpc) is 2.62. The van der Waals surface area contributed by atoms with Crippen molar-refractivity contribution < 1.29 is 4.48 Å². The van der Waals surface area contributed by atoms with E-state index in [1.165, 1.54) is 29.2 Å². The lowest BCUT2D eigenvalue weighted by molar-refractivity contribution is -0.901. The van der Waals surface area contributed by atoms with Crippen LogP contribution in [0.1, 0.15) is 38.4 Å². The van der Waals surface area contributed by atoms with Crippen molar-refractivity contribution in [2.45, 2.75) is 47.2 Å². The highest BCUT2D eigenvalue weighted by Gasteiger charge is 2.20. The summed E-state index contributed by atoms with van der Waals surface area (Å²) in [5, 5.41) is 2.97. The predicted molar refractivity (Wildman–Crippen MR) is 83.2 cm³/mol. The average molecular weight is 261 g/mol. The molecule has 2 nitrogen and oxygen atoms in total. The fourth-order valence-corrected chi connectivity index (χ4v) is 3.04. The number of nitrogens with zero attached hydrogens (tertiary/aromatic N) is 2. The molecule has 1 aromatic rings. The maximum absolute atomic E-state index is 2.49. The van der Waals surface area contributed by atoms with E-state index in [9.17, 15) is 0 Å². The Hall–Kier alpha value is -1.02. The van der Waals surface area contributed by atoms with E-state index in [-0.39, 0.29) is 0 Å². The molecule has 1 heterocycles. The van der Waals surface area contributed by atoms with Crippen molar-refractivity contribution in [3.8, 4) is 0 Å². The summed E-state index contributed by atoms with van der Waals surface area (Å²) in [4.78, 5) is 0.